The highest BCUT2D eigenvalue weighted by Gasteiger charge is 2.18. The van der Waals surface area contributed by atoms with E-state index < -0.39 is 0 Å². The molecule has 0 bridgehead atoms. The minimum Gasteiger partial charge on any atom is -0.493 e. The van der Waals surface area contributed by atoms with Gasteiger partial charge in [0.15, 0.2) is 11.5 Å². The van der Waals surface area contributed by atoms with Crippen LogP contribution in [0.25, 0.3) is 0 Å². The smallest absolute Gasteiger partial charge is 0.161 e. The third kappa shape index (κ3) is 6.67. The van der Waals surface area contributed by atoms with E-state index in [2.05, 4.69) is 44.2 Å². The summed E-state index contributed by atoms with van der Waals surface area (Å²) in [4.78, 5) is 2.22. The van der Waals surface area contributed by atoms with Crippen molar-refractivity contribution in [2.24, 2.45) is 5.41 Å². The molecule has 22 heavy (non-hydrogen) atoms. The van der Waals surface area contributed by atoms with Crippen LogP contribution >= 0.6 is 0 Å². The van der Waals surface area contributed by atoms with Crippen LogP contribution in [0.1, 0.15) is 33.3 Å². The van der Waals surface area contributed by atoms with Gasteiger partial charge >= 0.3 is 0 Å². The molecule has 0 saturated carbocycles. The predicted octanol–water partition coefficient (Wildman–Crippen LogP) is 3.16. The molecule has 0 aliphatic rings. The lowest BCUT2D eigenvalue weighted by Gasteiger charge is -2.28. The maximum Gasteiger partial charge on any atom is 0.161 e. The summed E-state index contributed by atoms with van der Waals surface area (Å²) in [6.07, 6.45) is 0.143. The Labute approximate surface area is 135 Å². The zero-order valence-electron chi connectivity index (χ0n) is 15.2. The molecule has 0 fully saturated rings. The third-order valence-electron chi connectivity index (χ3n) is 3.27. The van der Waals surface area contributed by atoms with E-state index in [1.807, 2.05) is 26.0 Å². The summed E-state index contributed by atoms with van der Waals surface area (Å²) in [5, 5.41) is 3.54. The molecule has 4 nitrogen and oxygen atoms in total. The van der Waals surface area contributed by atoms with E-state index in [0.717, 1.165) is 31.1 Å². The molecule has 126 valence electrons. The number of nitrogens with one attached hydrogen (secondary N) is 1. The SMILES string of the molecule is COc1cc(CNCC(C)(C)CN(C)C)ccc1OC(C)C. The largest absolute Gasteiger partial charge is 0.493 e. The fraction of sp³-hybridized carbons (Fsp3) is 0.667. The van der Waals surface area contributed by atoms with Crippen molar-refractivity contribution in [2.45, 2.75) is 40.3 Å². The van der Waals surface area contributed by atoms with E-state index in [1.165, 1.54) is 5.56 Å². The van der Waals surface area contributed by atoms with Gasteiger partial charge in [-0.05, 0) is 51.1 Å². The average Bonchev–Trinajstić information content (AvgIpc) is 2.38. The lowest BCUT2D eigenvalue weighted by molar-refractivity contribution is 0.229. The number of ether oxygens (including phenoxy) is 2. The van der Waals surface area contributed by atoms with Crippen LogP contribution in [0.5, 0.6) is 11.5 Å². The summed E-state index contributed by atoms with van der Waals surface area (Å²) in [6.45, 7) is 11.4. The molecule has 0 atom stereocenters. The van der Waals surface area contributed by atoms with Gasteiger partial charge in [0.2, 0.25) is 0 Å². The summed E-state index contributed by atoms with van der Waals surface area (Å²) in [5.74, 6) is 1.59. The molecule has 0 saturated heterocycles. The first-order chi connectivity index (χ1) is 10.2. The van der Waals surface area contributed by atoms with Gasteiger partial charge in [0.25, 0.3) is 0 Å². The fourth-order valence-electron chi connectivity index (χ4n) is 2.63. The van der Waals surface area contributed by atoms with Crippen molar-refractivity contribution in [3.63, 3.8) is 0 Å². The van der Waals surface area contributed by atoms with Gasteiger partial charge in [0.1, 0.15) is 0 Å². The number of hydrogen-bond donors (Lipinski definition) is 1. The maximum atomic E-state index is 5.74. The van der Waals surface area contributed by atoms with Crippen LogP contribution in [0.4, 0.5) is 0 Å². The van der Waals surface area contributed by atoms with E-state index in [-0.39, 0.29) is 11.5 Å². The van der Waals surface area contributed by atoms with Crippen LogP contribution in [0.2, 0.25) is 0 Å². The monoisotopic (exact) mass is 308 g/mol. The van der Waals surface area contributed by atoms with Gasteiger partial charge in [-0.15, -0.1) is 0 Å². The van der Waals surface area contributed by atoms with Gasteiger partial charge in [-0.25, -0.2) is 0 Å². The standard InChI is InChI=1S/C18H32N2O2/c1-14(2)22-16-9-8-15(10-17(16)21-7)11-19-12-18(3,4)13-20(5)6/h8-10,14,19H,11-13H2,1-7H3. The summed E-state index contributed by atoms with van der Waals surface area (Å²) < 4.78 is 11.2. The Morgan fingerprint density at radius 1 is 1.18 bits per heavy atom. The first-order valence-corrected chi connectivity index (χ1v) is 7.92. The Bertz CT molecular complexity index is 456. The Morgan fingerprint density at radius 2 is 1.86 bits per heavy atom. The van der Waals surface area contributed by atoms with Gasteiger partial charge in [-0.3, -0.25) is 0 Å². The average molecular weight is 308 g/mol. The van der Waals surface area contributed by atoms with Crippen molar-refractivity contribution in [3.05, 3.63) is 23.8 Å². The molecule has 0 heterocycles. The van der Waals surface area contributed by atoms with Crippen molar-refractivity contribution in [3.8, 4) is 11.5 Å². The number of nitrogens with zero attached hydrogens (tertiary/aromatic N) is 1. The highest BCUT2D eigenvalue weighted by Crippen LogP contribution is 2.29. The molecule has 0 aliphatic heterocycles. The Hall–Kier alpha value is -1.26. The van der Waals surface area contributed by atoms with Gasteiger partial charge < -0.3 is 19.7 Å². The van der Waals surface area contributed by atoms with Gasteiger partial charge in [0.05, 0.1) is 13.2 Å². The van der Waals surface area contributed by atoms with Crippen molar-refractivity contribution in [2.75, 3.05) is 34.3 Å². The third-order valence-corrected chi connectivity index (χ3v) is 3.27. The molecule has 1 N–H and O–H groups in total. The Kier molecular flexibility index (Phi) is 7.17. The van der Waals surface area contributed by atoms with Crippen LogP contribution < -0.4 is 14.8 Å². The number of benzene rings is 1. The van der Waals surface area contributed by atoms with Gasteiger partial charge in [-0.1, -0.05) is 19.9 Å². The van der Waals surface area contributed by atoms with E-state index in [0.29, 0.717) is 0 Å². The van der Waals surface area contributed by atoms with Crippen LogP contribution in [0, 0.1) is 5.41 Å². The summed E-state index contributed by atoms with van der Waals surface area (Å²) in [5.41, 5.74) is 1.45. The zero-order chi connectivity index (χ0) is 16.8. The topological polar surface area (TPSA) is 33.7 Å². The van der Waals surface area contributed by atoms with Crippen molar-refractivity contribution in [1.82, 2.24) is 10.2 Å². The van der Waals surface area contributed by atoms with Crippen molar-refractivity contribution >= 4 is 0 Å². The van der Waals surface area contributed by atoms with E-state index in [9.17, 15) is 0 Å². The molecule has 0 unspecified atom stereocenters. The number of methoxy groups -OCH3 is 1. The number of rotatable bonds is 9. The highest BCUT2D eigenvalue weighted by atomic mass is 16.5. The van der Waals surface area contributed by atoms with Gasteiger partial charge in [0, 0.05) is 19.6 Å². The zero-order valence-corrected chi connectivity index (χ0v) is 15.2. The summed E-state index contributed by atoms with van der Waals surface area (Å²) in [7, 11) is 5.90. The van der Waals surface area contributed by atoms with Gasteiger partial charge in [-0.2, -0.15) is 0 Å². The maximum absolute atomic E-state index is 5.74. The lowest BCUT2D eigenvalue weighted by Crippen LogP contribution is -2.37. The molecular formula is C18H32N2O2. The minimum absolute atomic E-state index is 0.143. The Morgan fingerprint density at radius 3 is 2.41 bits per heavy atom. The Balaban J connectivity index is 2.60. The van der Waals surface area contributed by atoms with E-state index in [1.54, 1.807) is 7.11 Å². The van der Waals surface area contributed by atoms with Crippen LogP contribution in [0.15, 0.2) is 18.2 Å². The molecule has 0 radical (unpaired) electrons. The second-order valence-electron chi connectivity index (χ2n) is 7.16. The molecular weight excluding hydrogens is 276 g/mol. The van der Waals surface area contributed by atoms with Crippen molar-refractivity contribution in [1.29, 1.82) is 0 Å². The molecule has 0 spiro atoms. The molecule has 4 heteroatoms. The molecule has 0 amide bonds. The lowest BCUT2D eigenvalue weighted by atomic mass is 9.93. The molecule has 1 aromatic carbocycles. The number of hydrogen-bond acceptors (Lipinski definition) is 4. The molecule has 1 aromatic rings. The quantitative estimate of drug-likeness (QED) is 0.760. The van der Waals surface area contributed by atoms with Crippen LogP contribution in [-0.2, 0) is 6.54 Å². The molecule has 0 aliphatic carbocycles. The first kappa shape index (κ1) is 18.8. The van der Waals surface area contributed by atoms with Crippen molar-refractivity contribution < 1.29 is 9.47 Å². The predicted molar refractivity (Wildman–Crippen MR) is 92.8 cm³/mol. The van der Waals surface area contributed by atoms with Crippen LogP contribution in [-0.4, -0.2) is 45.3 Å². The van der Waals surface area contributed by atoms with E-state index >= 15 is 0 Å². The normalized spacial score (nSPS) is 12.0. The first-order valence-electron chi connectivity index (χ1n) is 7.92. The minimum atomic E-state index is 0.143. The summed E-state index contributed by atoms with van der Waals surface area (Å²) in [6, 6.07) is 6.12. The highest BCUT2D eigenvalue weighted by molar-refractivity contribution is 5.43. The van der Waals surface area contributed by atoms with Crippen LogP contribution in [0.3, 0.4) is 0 Å². The van der Waals surface area contributed by atoms with E-state index in [4.69, 9.17) is 9.47 Å². The molecule has 0 aromatic heterocycles. The second-order valence-corrected chi connectivity index (χ2v) is 7.16. The second kappa shape index (κ2) is 8.39. The molecule has 1 rings (SSSR count). The fourth-order valence-corrected chi connectivity index (χ4v) is 2.63. The summed E-state index contributed by atoms with van der Waals surface area (Å²) >= 11 is 0.